The summed E-state index contributed by atoms with van der Waals surface area (Å²) in [5.74, 6) is -2.72. The van der Waals surface area contributed by atoms with Crippen LogP contribution < -0.4 is 10.6 Å². The SMILES string of the molecule is CC(C)(CC(=O)O)NC(=O)[C@H](CC(=O)OCc1ccccc1)NC(=O)OCC1c2ccccc2-c2ccccc21. The molecule has 3 N–H and O–H groups in total. The van der Waals surface area contributed by atoms with E-state index in [1.54, 1.807) is 12.1 Å². The van der Waals surface area contributed by atoms with Gasteiger partial charge in [0.25, 0.3) is 0 Å². The van der Waals surface area contributed by atoms with Crippen molar-refractivity contribution in [3.05, 3.63) is 95.6 Å². The molecule has 4 rings (SSSR count). The molecule has 0 spiro atoms. The van der Waals surface area contributed by atoms with Crippen molar-refractivity contribution in [3.8, 4) is 11.1 Å². The van der Waals surface area contributed by atoms with E-state index in [0.717, 1.165) is 27.8 Å². The van der Waals surface area contributed by atoms with Crippen LogP contribution in [0.2, 0.25) is 0 Å². The second kappa shape index (κ2) is 12.5. The third-order valence-electron chi connectivity index (χ3n) is 6.62. The van der Waals surface area contributed by atoms with E-state index < -0.39 is 41.9 Å². The first-order valence-electron chi connectivity index (χ1n) is 13.0. The van der Waals surface area contributed by atoms with Crippen LogP contribution in [0.4, 0.5) is 4.79 Å². The molecule has 1 aliphatic carbocycles. The maximum atomic E-state index is 13.1. The molecule has 3 aromatic carbocycles. The lowest BCUT2D eigenvalue weighted by molar-refractivity contribution is -0.147. The van der Waals surface area contributed by atoms with Crippen molar-refractivity contribution in [2.45, 2.75) is 50.8 Å². The predicted molar refractivity (Wildman–Crippen MR) is 147 cm³/mol. The molecule has 0 radical (unpaired) electrons. The van der Waals surface area contributed by atoms with E-state index in [2.05, 4.69) is 10.6 Å². The van der Waals surface area contributed by atoms with Gasteiger partial charge in [0.2, 0.25) is 5.91 Å². The molecule has 9 heteroatoms. The Labute approximate surface area is 232 Å². The molecule has 0 heterocycles. The van der Waals surface area contributed by atoms with Gasteiger partial charge in [0.05, 0.1) is 12.8 Å². The number of nitrogens with one attached hydrogen (secondary N) is 2. The zero-order valence-corrected chi connectivity index (χ0v) is 22.4. The number of amides is 2. The van der Waals surface area contributed by atoms with Gasteiger partial charge in [-0.2, -0.15) is 0 Å². The number of hydrogen-bond acceptors (Lipinski definition) is 6. The Kier molecular flexibility index (Phi) is 8.83. The van der Waals surface area contributed by atoms with Gasteiger partial charge >= 0.3 is 18.0 Å². The Balaban J connectivity index is 1.42. The number of rotatable bonds is 11. The van der Waals surface area contributed by atoms with Crippen LogP contribution in [0.15, 0.2) is 78.9 Å². The van der Waals surface area contributed by atoms with Crippen molar-refractivity contribution in [1.82, 2.24) is 10.6 Å². The van der Waals surface area contributed by atoms with E-state index >= 15 is 0 Å². The maximum absolute atomic E-state index is 13.1. The van der Waals surface area contributed by atoms with Crippen LogP contribution in [0, 0.1) is 0 Å². The van der Waals surface area contributed by atoms with E-state index in [0.29, 0.717) is 0 Å². The molecule has 0 saturated heterocycles. The number of fused-ring (bicyclic) bond motifs is 3. The lowest BCUT2D eigenvalue weighted by Gasteiger charge is -2.27. The van der Waals surface area contributed by atoms with E-state index in [4.69, 9.17) is 14.6 Å². The standard InChI is InChI=1S/C31H32N2O7/c1-31(2,17-27(34)35)33-29(37)26(16-28(36)39-18-20-10-4-3-5-11-20)32-30(38)40-19-25-23-14-8-6-12-21(23)22-13-7-9-15-24(22)25/h3-15,25-26H,16-19H2,1-2H3,(H,32,38)(H,33,37)(H,34,35)/t26-/m0/s1. The minimum atomic E-state index is -1.34. The van der Waals surface area contributed by atoms with E-state index in [9.17, 15) is 19.2 Å². The zero-order chi connectivity index (χ0) is 28.7. The number of alkyl carbamates (subject to hydrolysis) is 1. The summed E-state index contributed by atoms with van der Waals surface area (Å²) in [6, 6.07) is 23.5. The molecule has 3 aromatic rings. The molecule has 2 amide bonds. The van der Waals surface area contributed by atoms with Crippen LogP contribution in [0.3, 0.4) is 0 Å². The van der Waals surface area contributed by atoms with Gasteiger partial charge in [-0.25, -0.2) is 4.79 Å². The summed E-state index contributed by atoms with van der Waals surface area (Å²) >= 11 is 0. The lowest BCUT2D eigenvalue weighted by Crippen LogP contribution is -2.54. The van der Waals surface area contributed by atoms with Crippen LogP contribution in [0.1, 0.15) is 49.3 Å². The summed E-state index contributed by atoms with van der Waals surface area (Å²) in [5.41, 5.74) is 3.86. The molecule has 0 aliphatic heterocycles. The summed E-state index contributed by atoms with van der Waals surface area (Å²) in [6.45, 7) is 3.11. The normalized spacial score (nSPS) is 12.9. The fraction of sp³-hybridized carbons (Fsp3) is 0.290. The van der Waals surface area contributed by atoms with Crippen molar-refractivity contribution in [1.29, 1.82) is 0 Å². The van der Waals surface area contributed by atoms with Crippen molar-refractivity contribution >= 4 is 23.9 Å². The average molecular weight is 545 g/mol. The van der Waals surface area contributed by atoms with Gasteiger partial charge in [0, 0.05) is 11.5 Å². The summed E-state index contributed by atoms with van der Waals surface area (Å²) in [4.78, 5) is 49.8. The first-order chi connectivity index (χ1) is 19.1. The highest BCUT2D eigenvalue weighted by atomic mass is 16.5. The van der Waals surface area contributed by atoms with Crippen molar-refractivity contribution in [2.75, 3.05) is 6.61 Å². The second-order valence-corrected chi connectivity index (χ2v) is 10.3. The Morgan fingerprint density at radius 3 is 2.02 bits per heavy atom. The Morgan fingerprint density at radius 2 is 1.43 bits per heavy atom. The summed E-state index contributed by atoms with van der Waals surface area (Å²) in [5, 5.41) is 14.2. The van der Waals surface area contributed by atoms with E-state index in [1.807, 2.05) is 66.7 Å². The summed E-state index contributed by atoms with van der Waals surface area (Å²) < 4.78 is 10.8. The highest BCUT2D eigenvalue weighted by Crippen LogP contribution is 2.44. The van der Waals surface area contributed by atoms with E-state index in [1.165, 1.54) is 13.8 Å². The number of carboxylic acid groups (broad SMARTS) is 1. The number of carboxylic acids is 1. The van der Waals surface area contributed by atoms with Gasteiger partial charge in [-0.15, -0.1) is 0 Å². The Bertz CT molecular complexity index is 1340. The molecule has 1 atom stereocenters. The lowest BCUT2D eigenvalue weighted by atomic mass is 9.98. The highest BCUT2D eigenvalue weighted by molar-refractivity contribution is 5.90. The van der Waals surface area contributed by atoms with Crippen molar-refractivity contribution < 1.29 is 33.8 Å². The Morgan fingerprint density at radius 1 is 0.850 bits per heavy atom. The molecule has 40 heavy (non-hydrogen) atoms. The van der Waals surface area contributed by atoms with Crippen LogP contribution >= 0.6 is 0 Å². The van der Waals surface area contributed by atoms with Crippen molar-refractivity contribution in [2.24, 2.45) is 0 Å². The molecule has 1 aliphatic rings. The number of carbonyl (C=O) groups is 4. The van der Waals surface area contributed by atoms with Crippen LogP contribution in [0.5, 0.6) is 0 Å². The number of benzene rings is 3. The van der Waals surface area contributed by atoms with Crippen LogP contribution in [-0.4, -0.2) is 47.2 Å². The molecule has 0 bridgehead atoms. The molecule has 0 unspecified atom stereocenters. The molecular weight excluding hydrogens is 512 g/mol. The first kappa shape index (κ1) is 28.4. The van der Waals surface area contributed by atoms with Gasteiger partial charge in [-0.1, -0.05) is 78.9 Å². The fourth-order valence-electron chi connectivity index (χ4n) is 4.80. The van der Waals surface area contributed by atoms with E-state index in [-0.39, 0.29) is 25.6 Å². The third kappa shape index (κ3) is 7.25. The smallest absolute Gasteiger partial charge is 0.407 e. The summed E-state index contributed by atoms with van der Waals surface area (Å²) in [6.07, 6.45) is -1.70. The minimum absolute atomic E-state index is 0.00344. The molecule has 0 aromatic heterocycles. The number of hydrogen-bond donors (Lipinski definition) is 3. The van der Waals surface area contributed by atoms with Crippen LogP contribution in [-0.2, 0) is 30.5 Å². The quantitative estimate of drug-likeness (QED) is 0.305. The number of carbonyl (C=O) groups excluding carboxylic acids is 3. The monoisotopic (exact) mass is 544 g/mol. The zero-order valence-electron chi connectivity index (χ0n) is 22.4. The van der Waals surface area contributed by atoms with Gasteiger partial charge in [0.1, 0.15) is 19.3 Å². The molecular formula is C31H32N2O7. The average Bonchev–Trinajstić information content (AvgIpc) is 3.23. The van der Waals surface area contributed by atoms with Crippen LogP contribution in [0.25, 0.3) is 11.1 Å². The maximum Gasteiger partial charge on any atom is 0.407 e. The third-order valence-corrected chi connectivity index (χ3v) is 6.62. The summed E-state index contributed by atoms with van der Waals surface area (Å²) in [7, 11) is 0. The van der Waals surface area contributed by atoms with Gasteiger partial charge in [0.15, 0.2) is 0 Å². The Hall–Kier alpha value is -4.66. The van der Waals surface area contributed by atoms with Gasteiger partial charge in [-0.3, -0.25) is 14.4 Å². The van der Waals surface area contributed by atoms with Gasteiger partial charge < -0.3 is 25.2 Å². The molecule has 0 saturated carbocycles. The fourth-order valence-corrected chi connectivity index (χ4v) is 4.80. The minimum Gasteiger partial charge on any atom is -0.481 e. The number of aliphatic carboxylic acids is 1. The largest absolute Gasteiger partial charge is 0.481 e. The molecule has 208 valence electrons. The van der Waals surface area contributed by atoms with Crippen molar-refractivity contribution in [3.63, 3.8) is 0 Å². The van der Waals surface area contributed by atoms with Gasteiger partial charge in [-0.05, 0) is 41.7 Å². The second-order valence-electron chi connectivity index (χ2n) is 10.3. The molecule has 0 fully saturated rings. The topological polar surface area (TPSA) is 131 Å². The number of esters is 1. The number of ether oxygens (including phenoxy) is 2. The predicted octanol–water partition coefficient (Wildman–Crippen LogP) is 4.40. The first-order valence-corrected chi connectivity index (χ1v) is 13.0. The highest BCUT2D eigenvalue weighted by Gasteiger charge is 2.33. The molecule has 9 nitrogen and oxygen atoms in total.